The third-order valence-corrected chi connectivity index (χ3v) is 4.73. The topological polar surface area (TPSA) is 39.8 Å². The van der Waals surface area contributed by atoms with Gasteiger partial charge in [-0.05, 0) is 23.9 Å². The molecule has 0 saturated heterocycles. The third-order valence-electron chi connectivity index (χ3n) is 3.42. The number of hydrogen-bond donors (Lipinski definition) is 0. The molecule has 0 aliphatic rings. The maximum absolute atomic E-state index is 12.4. The van der Waals surface area contributed by atoms with Crippen molar-refractivity contribution in [2.24, 2.45) is 7.05 Å². The predicted octanol–water partition coefficient (Wildman–Crippen LogP) is 3.06. The van der Waals surface area contributed by atoms with Gasteiger partial charge in [0.25, 0.3) is 5.56 Å². The maximum Gasteiger partial charge on any atom is 0.259 e. The molecule has 6 heteroatoms. The van der Waals surface area contributed by atoms with E-state index < -0.39 is 0 Å². The molecule has 0 N–H and O–H groups in total. The number of hydrogen-bond acceptors (Lipinski definition) is 3. The van der Waals surface area contributed by atoms with Crippen LogP contribution in [-0.2, 0) is 20.0 Å². The molecule has 4 nitrogen and oxygen atoms in total. The van der Waals surface area contributed by atoms with Crippen LogP contribution in [0.3, 0.4) is 0 Å². The number of aromatic nitrogens is 3. The Morgan fingerprint density at radius 2 is 2.20 bits per heavy atom. The zero-order valence-corrected chi connectivity index (χ0v) is 12.8. The lowest BCUT2D eigenvalue weighted by Gasteiger charge is -2.07. The van der Waals surface area contributed by atoms with Crippen LogP contribution < -0.4 is 5.56 Å². The highest BCUT2D eigenvalue weighted by Gasteiger charge is 2.14. The van der Waals surface area contributed by atoms with E-state index in [9.17, 15) is 4.79 Å². The Hall–Kier alpha value is -1.59. The van der Waals surface area contributed by atoms with Crippen LogP contribution in [0.2, 0.25) is 5.02 Å². The van der Waals surface area contributed by atoms with Crippen molar-refractivity contribution in [2.75, 3.05) is 0 Å². The van der Waals surface area contributed by atoms with E-state index in [-0.39, 0.29) is 5.56 Å². The SMILES string of the molecule is CCc1nn(C)c(Cn2ccc3sccc3c2=O)c1Cl. The van der Waals surface area contributed by atoms with E-state index in [1.165, 1.54) is 0 Å². The molecule has 3 heterocycles. The minimum Gasteiger partial charge on any atom is -0.309 e. The highest BCUT2D eigenvalue weighted by Crippen LogP contribution is 2.22. The summed E-state index contributed by atoms with van der Waals surface area (Å²) in [6, 6.07) is 3.83. The minimum absolute atomic E-state index is 0.0130. The first kappa shape index (κ1) is 13.4. The van der Waals surface area contributed by atoms with Gasteiger partial charge in [0.1, 0.15) is 0 Å². The Morgan fingerprint density at radius 3 is 2.90 bits per heavy atom. The molecule has 0 aromatic carbocycles. The van der Waals surface area contributed by atoms with E-state index in [4.69, 9.17) is 11.6 Å². The molecule has 0 saturated carbocycles. The molecule has 0 fully saturated rings. The average Bonchev–Trinajstić information content (AvgIpc) is 3.01. The van der Waals surface area contributed by atoms with Gasteiger partial charge in [-0.15, -0.1) is 11.3 Å². The Balaban J connectivity index is 2.07. The van der Waals surface area contributed by atoms with Crippen molar-refractivity contribution in [1.82, 2.24) is 14.3 Å². The van der Waals surface area contributed by atoms with E-state index in [1.807, 2.05) is 37.7 Å². The monoisotopic (exact) mass is 307 g/mol. The summed E-state index contributed by atoms with van der Waals surface area (Å²) in [5.41, 5.74) is 1.74. The van der Waals surface area contributed by atoms with Crippen LogP contribution in [0, 0.1) is 0 Å². The molecule has 0 aliphatic heterocycles. The smallest absolute Gasteiger partial charge is 0.259 e. The summed E-state index contributed by atoms with van der Waals surface area (Å²) in [4.78, 5) is 12.4. The fourth-order valence-corrected chi connectivity index (χ4v) is 3.41. The third kappa shape index (κ3) is 2.07. The minimum atomic E-state index is 0.0130. The molecule has 20 heavy (non-hydrogen) atoms. The van der Waals surface area contributed by atoms with Crippen LogP contribution in [0.25, 0.3) is 10.1 Å². The van der Waals surface area contributed by atoms with Gasteiger partial charge in [-0.25, -0.2) is 0 Å². The zero-order chi connectivity index (χ0) is 14.3. The molecule has 3 aromatic heterocycles. The van der Waals surface area contributed by atoms with E-state index in [0.717, 1.165) is 27.9 Å². The molecule has 0 atom stereocenters. The van der Waals surface area contributed by atoms with Crippen LogP contribution in [-0.4, -0.2) is 14.3 Å². The number of halogens is 1. The number of aryl methyl sites for hydroxylation is 2. The first-order valence-corrected chi connectivity index (χ1v) is 7.64. The summed E-state index contributed by atoms with van der Waals surface area (Å²) in [6.07, 6.45) is 2.60. The van der Waals surface area contributed by atoms with Crippen molar-refractivity contribution in [3.63, 3.8) is 0 Å². The molecule has 104 valence electrons. The quantitative estimate of drug-likeness (QED) is 0.746. The van der Waals surface area contributed by atoms with Crippen molar-refractivity contribution in [2.45, 2.75) is 19.9 Å². The van der Waals surface area contributed by atoms with E-state index in [0.29, 0.717) is 11.6 Å². The Bertz CT molecular complexity index is 831. The van der Waals surface area contributed by atoms with Crippen molar-refractivity contribution in [1.29, 1.82) is 0 Å². The maximum atomic E-state index is 12.4. The van der Waals surface area contributed by atoms with Crippen LogP contribution in [0.15, 0.2) is 28.5 Å². The van der Waals surface area contributed by atoms with E-state index in [1.54, 1.807) is 20.6 Å². The summed E-state index contributed by atoms with van der Waals surface area (Å²) >= 11 is 7.91. The zero-order valence-electron chi connectivity index (χ0n) is 11.3. The van der Waals surface area contributed by atoms with Crippen LogP contribution >= 0.6 is 22.9 Å². The van der Waals surface area contributed by atoms with Gasteiger partial charge >= 0.3 is 0 Å². The molecule has 3 rings (SSSR count). The van der Waals surface area contributed by atoms with Gasteiger partial charge in [0.05, 0.1) is 28.3 Å². The second-order valence-electron chi connectivity index (χ2n) is 4.63. The van der Waals surface area contributed by atoms with Gasteiger partial charge in [0.15, 0.2) is 0 Å². The van der Waals surface area contributed by atoms with Crippen molar-refractivity contribution >= 4 is 33.0 Å². The molecule has 0 aliphatic carbocycles. The Morgan fingerprint density at radius 1 is 1.40 bits per heavy atom. The molecule has 0 amide bonds. The van der Waals surface area contributed by atoms with Gasteiger partial charge in [-0.1, -0.05) is 18.5 Å². The Labute approximate surface area is 125 Å². The predicted molar refractivity (Wildman–Crippen MR) is 82.8 cm³/mol. The van der Waals surface area contributed by atoms with Gasteiger partial charge in [0, 0.05) is 17.9 Å². The van der Waals surface area contributed by atoms with Gasteiger partial charge < -0.3 is 4.57 Å². The summed E-state index contributed by atoms with van der Waals surface area (Å²) < 4.78 is 4.44. The van der Waals surface area contributed by atoms with Crippen molar-refractivity contribution < 1.29 is 0 Å². The molecule has 0 radical (unpaired) electrons. The lowest BCUT2D eigenvalue weighted by molar-refractivity contribution is 0.652. The number of rotatable bonds is 3. The van der Waals surface area contributed by atoms with Gasteiger partial charge in [-0.3, -0.25) is 9.48 Å². The van der Waals surface area contributed by atoms with Crippen LogP contribution in [0.1, 0.15) is 18.3 Å². The van der Waals surface area contributed by atoms with Gasteiger partial charge in [0.2, 0.25) is 0 Å². The molecule has 3 aromatic rings. The van der Waals surface area contributed by atoms with Crippen LogP contribution in [0.5, 0.6) is 0 Å². The Kier molecular flexibility index (Phi) is 3.40. The molecular formula is C14H14ClN3OS. The highest BCUT2D eigenvalue weighted by atomic mass is 35.5. The standard InChI is InChI=1S/C14H14ClN3OS/c1-3-10-13(15)11(17(2)16-10)8-18-6-4-12-9(14(18)19)5-7-20-12/h4-7H,3,8H2,1-2H3. The lowest BCUT2D eigenvalue weighted by atomic mass is 10.3. The first-order chi connectivity index (χ1) is 9.61. The summed E-state index contributed by atoms with van der Waals surface area (Å²) in [5, 5.41) is 7.73. The second kappa shape index (κ2) is 5.07. The lowest BCUT2D eigenvalue weighted by Crippen LogP contribution is -2.20. The van der Waals surface area contributed by atoms with Gasteiger partial charge in [-0.2, -0.15) is 5.10 Å². The number of fused-ring (bicyclic) bond motifs is 1. The van der Waals surface area contributed by atoms with E-state index in [2.05, 4.69) is 5.10 Å². The van der Waals surface area contributed by atoms with Crippen LogP contribution in [0.4, 0.5) is 0 Å². The normalized spacial score (nSPS) is 11.3. The first-order valence-electron chi connectivity index (χ1n) is 6.38. The number of thiophene rings is 1. The molecular weight excluding hydrogens is 294 g/mol. The molecule has 0 bridgehead atoms. The fourth-order valence-electron chi connectivity index (χ4n) is 2.28. The average molecular weight is 308 g/mol. The summed E-state index contributed by atoms with van der Waals surface area (Å²) in [7, 11) is 1.86. The summed E-state index contributed by atoms with van der Waals surface area (Å²) in [6.45, 7) is 2.45. The number of nitrogens with zero attached hydrogens (tertiary/aromatic N) is 3. The highest BCUT2D eigenvalue weighted by molar-refractivity contribution is 7.17. The number of pyridine rings is 1. The van der Waals surface area contributed by atoms with Crippen molar-refractivity contribution in [3.05, 3.63) is 50.5 Å². The largest absolute Gasteiger partial charge is 0.309 e. The van der Waals surface area contributed by atoms with E-state index >= 15 is 0 Å². The second-order valence-corrected chi connectivity index (χ2v) is 5.96. The van der Waals surface area contributed by atoms with Crippen molar-refractivity contribution in [3.8, 4) is 0 Å². The summed E-state index contributed by atoms with van der Waals surface area (Å²) in [5.74, 6) is 0. The molecule has 0 spiro atoms. The fraction of sp³-hybridized carbons (Fsp3) is 0.286. The molecule has 0 unspecified atom stereocenters.